The quantitative estimate of drug-likeness (QED) is 0.400. The van der Waals surface area contributed by atoms with Gasteiger partial charge in [-0.25, -0.2) is 4.89 Å². The molecule has 1 unspecified atom stereocenters. The number of hydrogen-bond donors (Lipinski definition) is 2. The van der Waals surface area contributed by atoms with Gasteiger partial charge >= 0.3 is 0 Å². The Morgan fingerprint density at radius 3 is 2.43 bits per heavy atom. The molecule has 7 heavy (non-hydrogen) atoms. The maximum atomic E-state index is 8.57. The lowest BCUT2D eigenvalue weighted by Crippen LogP contribution is -2.11. The predicted octanol–water partition coefficient (Wildman–Crippen LogP) is 0.247. The first kappa shape index (κ1) is 6.88. The van der Waals surface area contributed by atoms with E-state index >= 15 is 0 Å². The first-order valence-corrected chi connectivity index (χ1v) is 2.25. The number of aliphatic hydroxyl groups is 1. The number of rotatable bonds is 3. The topological polar surface area (TPSA) is 49.7 Å². The van der Waals surface area contributed by atoms with Gasteiger partial charge in [0.15, 0.2) is 0 Å². The van der Waals surface area contributed by atoms with Gasteiger partial charge in [-0.3, -0.25) is 5.26 Å². The maximum absolute atomic E-state index is 8.57. The van der Waals surface area contributed by atoms with Crippen LogP contribution in [0.4, 0.5) is 0 Å². The minimum Gasteiger partial charge on any atom is -0.391 e. The molecule has 0 aliphatic carbocycles. The van der Waals surface area contributed by atoms with Crippen LogP contribution in [-0.2, 0) is 4.89 Å². The van der Waals surface area contributed by atoms with Crippen LogP contribution in [0, 0.1) is 0 Å². The minimum absolute atomic E-state index is 0.0104. The lowest BCUT2D eigenvalue weighted by molar-refractivity contribution is -0.256. The molecule has 3 heteroatoms. The van der Waals surface area contributed by atoms with Gasteiger partial charge in [-0.05, 0) is 6.42 Å². The molecule has 0 spiro atoms. The molecule has 3 nitrogen and oxygen atoms in total. The normalized spacial score (nSPS) is 14.1. The average Bonchev–Trinajstić information content (AvgIpc) is 1.68. The second kappa shape index (κ2) is 4.05. The molecule has 0 rings (SSSR count). The lowest BCUT2D eigenvalue weighted by atomic mass is 10.3. The molecule has 0 heterocycles. The minimum atomic E-state index is -0.523. The summed E-state index contributed by atoms with van der Waals surface area (Å²) in [5.41, 5.74) is 0. The highest BCUT2D eigenvalue weighted by Gasteiger charge is 1.96. The molecule has 0 radical (unpaired) electrons. The summed E-state index contributed by atoms with van der Waals surface area (Å²) in [6.07, 6.45) is 0.0885. The van der Waals surface area contributed by atoms with Crippen molar-refractivity contribution in [1.82, 2.24) is 0 Å². The molecule has 0 aromatic heterocycles. The van der Waals surface area contributed by atoms with Crippen LogP contribution in [0.25, 0.3) is 0 Å². The van der Waals surface area contributed by atoms with E-state index in [9.17, 15) is 0 Å². The molecular formula is C4H10O3. The third kappa shape index (κ3) is 3.72. The van der Waals surface area contributed by atoms with E-state index in [1.54, 1.807) is 0 Å². The van der Waals surface area contributed by atoms with E-state index in [1.165, 1.54) is 0 Å². The third-order valence-corrected chi connectivity index (χ3v) is 0.738. The second-order valence-corrected chi connectivity index (χ2v) is 1.36. The molecule has 0 bridgehead atoms. The molecule has 0 aromatic carbocycles. The van der Waals surface area contributed by atoms with E-state index in [1.807, 2.05) is 6.92 Å². The fraction of sp³-hybridized carbons (Fsp3) is 1.00. The van der Waals surface area contributed by atoms with Gasteiger partial charge in [-0.1, -0.05) is 6.92 Å². The summed E-state index contributed by atoms with van der Waals surface area (Å²) in [5.74, 6) is 0. The summed E-state index contributed by atoms with van der Waals surface area (Å²) in [5, 5.41) is 16.3. The van der Waals surface area contributed by atoms with E-state index in [-0.39, 0.29) is 6.61 Å². The van der Waals surface area contributed by atoms with Gasteiger partial charge in [0.1, 0.15) is 6.61 Å². The number of hydrogen-bond acceptors (Lipinski definition) is 3. The molecule has 2 N–H and O–H groups in total. The summed E-state index contributed by atoms with van der Waals surface area (Å²) in [6, 6.07) is 0. The Morgan fingerprint density at radius 2 is 2.29 bits per heavy atom. The van der Waals surface area contributed by atoms with Crippen LogP contribution in [0.3, 0.4) is 0 Å². The van der Waals surface area contributed by atoms with Gasteiger partial charge in [0, 0.05) is 0 Å². The standard InChI is InChI=1S/C4H10O3/c1-2-4(5)3-7-6/h4-6H,2-3H2,1H3. The van der Waals surface area contributed by atoms with Crippen molar-refractivity contribution in [3.8, 4) is 0 Å². The van der Waals surface area contributed by atoms with Crippen LogP contribution in [-0.4, -0.2) is 23.1 Å². The van der Waals surface area contributed by atoms with Gasteiger partial charge in [0.05, 0.1) is 6.10 Å². The van der Waals surface area contributed by atoms with Crippen LogP contribution < -0.4 is 0 Å². The Bertz CT molecular complexity index is 37.9. The molecule has 0 fully saturated rings. The van der Waals surface area contributed by atoms with Gasteiger partial charge in [-0.15, -0.1) is 0 Å². The first-order chi connectivity index (χ1) is 3.31. The van der Waals surface area contributed by atoms with E-state index in [0.29, 0.717) is 6.42 Å². The largest absolute Gasteiger partial charge is 0.391 e. The summed E-state index contributed by atoms with van der Waals surface area (Å²) in [7, 11) is 0. The predicted molar refractivity (Wildman–Crippen MR) is 24.9 cm³/mol. The molecule has 0 aliphatic heterocycles. The van der Waals surface area contributed by atoms with Gasteiger partial charge < -0.3 is 5.11 Å². The summed E-state index contributed by atoms with van der Waals surface area (Å²) < 4.78 is 0. The van der Waals surface area contributed by atoms with Crippen molar-refractivity contribution in [1.29, 1.82) is 0 Å². The SMILES string of the molecule is CCC(O)COO. The molecule has 0 aliphatic rings. The Morgan fingerprint density at radius 1 is 1.71 bits per heavy atom. The molecule has 0 saturated heterocycles. The number of aliphatic hydroxyl groups excluding tert-OH is 1. The highest BCUT2D eigenvalue weighted by molar-refractivity contribution is 4.44. The van der Waals surface area contributed by atoms with Crippen LogP contribution in [0.1, 0.15) is 13.3 Å². The highest BCUT2D eigenvalue weighted by atomic mass is 17.1. The van der Waals surface area contributed by atoms with Gasteiger partial charge in [0.25, 0.3) is 0 Å². The lowest BCUT2D eigenvalue weighted by Gasteiger charge is -2.00. The first-order valence-electron chi connectivity index (χ1n) is 2.25. The molecule has 44 valence electrons. The van der Waals surface area contributed by atoms with Gasteiger partial charge in [0.2, 0.25) is 0 Å². The van der Waals surface area contributed by atoms with E-state index < -0.39 is 6.10 Å². The maximum Gasteiger partial charge on any atom is 0.108 e. The second-order valence-electron chi connectivity index (χ2n) is 1.36. The zero-order valence-corrected chi connectivity index (χ0v) is 4.29. The third-order valence-electron chi connectivity index (χ3n) is 0.738. The molecular weight excluding hydrogens is 96.0 g/mol. The Kier molecular flexibility index (Phi) is 3.98. The molecule has 0 aromatic rings. The van der Waals surface area contributed by atoms with Crippen LogP contribution in [0.5, 0.6) is 0 Å². The van der Waals surface area contributed by atoms with Crippen LogP contribution >= 0.6 is 0 Å². The van der Waals surface area contributed by atoms with Crippen molar-refractivity contribution >= 4 is 0 Å². The smallest absolute Gasteiger partial charge is 0.108 e. The van der Waals surface area contributed by atoms with E-state index in [0.717, 1.165) is 0 Å². The fourth-order valence-corrected chi connectivity index (χ4v) is 0.204. The van der Waals surface area contributed by atoms with Crippen molar-refractivity contribution in [2.45, 2.75) is 19.4 Å². The van der Waals surface area contributed by atoms with Crippen molar-refractivity contribution in [2.24, 2.45) is 0 Å². The zero-order chi connectivity index (χ0) is 5.70. The summed E-state index contributed by atoms with van der Waals surface area (Å²) in [4.78, 5) is 3.64. The van der Waals surface area contributed by atoms with Gasteiger partial charge in [-0.2, -0.15) is 0 Å². The molecule has 0 amide bonds. The average molecular weight is 106 g/mol. The Labute approximate surface area is 42.5 Å². The van der Waals surface area contributed by atoms with Crippen LogP contribution in [0.15, 0.2) is 0 Å². The summed E-state index contributed by atoms with van der Waals surface area (Å²) >= 11 is 0. The summed E-state index contributed by atoms with van der Waals surface area (Å²) in [6.45, 7) is 1.82. The van der Waals surface area contributed by atoms with E-state index in [2.05, 4.69) is 4.89 Å². The Balaban J connectivity index is 2.83. The molecule has 1 atom stereocenters. The van der Waals surface area contributed by atoms with Crippen molar-refractivity contribution in [2.75, 3.05) is 6.61 Å². The monoisotopic (exact) mass is 106 g/mol. The van der Waals surface area contributed by atoms with E-state index in [4.69, 9.17) is 10.4 Å². The molecule has 0 saturated carbocycles. The fourth-order valence-electron chi connectivity index (χ4n) is 0.204. The van der Waals surface area contributed by atoms with Crippen LogP contribution in [0.2, 0.25) is 0 Å². The Hall–Kier alpha value is -0.120. The van der Waals surface area contributed by atoms with Crippen molar-refractivity contribution in [3.63, 3.8) is 0 Å². The zero-order valence-electron chi connectivity index (χ0n) is 4.29. The highest BCUT2D eigenvalue weighted by Crippen LogP contribution is 1.87. The van der Waals surface area contributed by atoms with Crippen molar-refractivity contribution < 1.29 is 15.3 Å². The van der Waals surface area contributed by atoms with Crippen molar-refractivity contribution in [3.05, 3.63) is 0 Å².